The Bertz CT molecular complexity index is 1490. The highest BCUT2D eigenvalue weighted by Gasteiger charge is 2.57. The van der Waals surface area contributed by atoms with Gasteiger partial charge in [0.25, 0.3) is 0 Å². The molecule has 194 valence electrons. The number of fused-ring (bicyclic) bond motifs is 3. The maximum atomic E-state index is 13.2. The fourth-order valence-corrected chi connectivity index (χ4v) is 6.58. The van der Waals surface area contributed by atoms with E-state index in [4.69, 9.17) is 11.6 Å². The summed E-state index contributed by atoms with van der Waals surface area (Å²) in [5.74, 6) is 2.68. The summed E-state index contributed by atoms with van der Waals surface area (Å²) in [6.45, 7) is 4.76. The minimum absolute atomic E-state index is 0.142. The summed E-state index contributed by atoms with van der Waals surface area (Å²) in [4.78, 5) is 26.1. The van der Waals surface area contributed by atoms with E-state index in [0.717, 1.165) is 67.9 Å². The van der Waals surface area contributed by atoms with Crippen LogP contribution in [0, 0.1) is 16.7 Å². The summed E-state index contributed by atoms with van der Waals surface area (Å²) in [5.41, 5.74) is 2.24. The highest BCUT2D eigenvalue weighted by Crippen LogP contribution is 2.47. The van der Waals surface area contributed by atoms with Gasteiger partial charge in [0, 0.05) is 57.3 Å². The predicted molar refractivity (Wildman–Crippen MR) is 142 cm³/mol. The van der Waals surface area contributed by atoms with Crippen molar-refractivity contribution >= 4 is 29.3 Å². The van der Waals surface area contributed by atoms with Crippen LogP contribution in [0.15, 0.2) is 36.4 Å². The van der Waals surface area contributed by atoms with Crippen LogP contribution in [0.25, 0.3) is 5.69 Å². The molecule has 3 aliphatic heterocycles. The van der Waals surface area contributed by atoms with Crippen molar-refractivity contribution in [2.45, 2.75) is 31.5 Å². The molecule has 11 heteroatoms. The monoisotopic (exact) mass is 529 g/mol. The molecule has 7 rings (SSSR count). The van der Waals surface area contributed by atoms with E-state index in [0.29, 0.717) is 23.8 Å². The summed E-state index contributed by atoms with van der Waals surface area (Å²) >= 11 is 6.44. The number of benzene rings is 1. The second kappa shape index (κ2) is 8.16. The summed E-state index contributed by atoms with van der Waals surface area (Å²) < 4.78 is 2.16. The van der Waals surface area contributed by atoms with E-state index in [1.807, 2.05) is 44.4 Å². The highest BCUT2D eigenvalue weighted by atomic mass is 35.5. The Hall–Kier alpha value is -3.68. The van der Waals surface area contributed by atoms with Crippen molar-refractivity contribution in [3.8, 4) is 11.8 Å². The van der Waals surface area contributed by atoms with Crippen molar-refractivity contribution in [2.75, 3.05) is 50.1 Å². The first-order valence-electron chi connectivity index (χ1n) is 12.9. The zero-order valence-corrected chi connectivity index (χ0v) is 22.2. The Morgan fingerprint density at radius 2 is 1.82 bits per heavy atom. The average molecular weight is 530 g/mol. The molecule has 38 heavy (non-hydrogen) atoms. The molecule has 0 N–H and O–H groups in total. The van der Waals surface area contributed by atoms with Crippen molar-refractivity contribution in [3.63, 3.8) is 0 Å². The minimum atomic E-state index is -0.489. The number of pyridine rings is 1. The average Bonchev–Trinajstić information content (AvgIpc) is 3.60. The van der Waals surface area contributed by atoms with Crippen molar-refractivity contribution in [3.05, 3.63) is 58.5 Å². The zero-order valence-electron chi connectivity index (χ0n) is 21.4. The lowest BCUT2D eigenvalue weighted by atomic mass is 9.73. The fourth-order valence-electron chi connectivity index (χ4n) is 6.39. The van der Waals surface area contributed by atoms with Gasteiger partial charge in [0.2, 0.25) is 11.9 Å². The number of halogens is 1. The van der Waals surface area contributed by atoms with Gasteiger partial charge in [-0.3, -0.25) is 14.3 Å². The lowest BCUT2D eigenvalue weighted by molar-refractivity contribution is -0.136. The van der Waals surface area contributed by atoms with Crippen molar-refractivity contribution in [1.82, 2.24) is 29.5 Å². The van der Waals surface area contributed by atoms with Crippen LogP contribution in [-0.4, -0.2) is 81.3 Å². The molecular weight excluding hydrogens is 502 g/mol. The molecule has 3 aromatic rings. The minimum Gasteiger partial charge on any atom is -0.355 e. The van der Waals surface area contributed by atoms with Gasteiger partial charge in [0.1, 0.15) is 23.1 Å². The van der Waals surface area contributed by atoms with E-state index >= 15 is 0 Å². The fraction of sp³-hybridized carbons (Fsp3) is 0.444. The summed E-state index contributed by atoms with van der Waals surface area (Å²) in [5, 5.41) is 19.1. The molecule has 1 aromatic carbocycles. The Balaban J connectivity index is 1.15. The third-order valence-corrected chi connectivity index (χ3v) is 8.62. The summed E-state index contributed by atoms with van der Waals surface area (Å²) in [7, 11) is 3.65. The van der Waals surface area contributed by atoms with Gasteiger partial charge in [0.15, 0.2) is 5.82 Å². The van der Waals surface area contributed by atoms with Crippen molar-refractivity contribution in [1.29, 1.82) is 5.26 Å². The molecule has 1 saturated carbocycles. The third kappa shape index (κ3) is 3.49. The number of aromatic nitrogens is 4. The van der Waals surface area contributed by atoms with Gasteiger partial charge in [-0.05, 0) is 48.7 Å². The van der Waals surface area contributed by atoms with Crippen molar-refractivity contribution in [2.24, 2.45) is 5.41 Å². The molecule has 0 unspecified atom stereocenters. The number of nitrogens with zero attached hydrogens (tertiary/aromatic N) is 9. The number of rotatable bonds is 4. The lowest BCUT2D eigenvalue weighted by Gasteiger charge is -2.60. The van der Waals surface area contributed by atoms with Gasteiger partial charge >= 0.3 is 0 Å². The number of carbonyl (C=O) groups is 1. The van der Waals surface area contributed by atoms with Gasteiger partial charge in [0.05, 0.1) is 12.2 Å². The SMILES string of the molecule is CN(C)C(=O)C1(N2Cc3cc(Cl)ccc3-n3c(nnc3N3CC4(CN(c5cccc(C#N)n5)C4)C3)C2)CC1. The van der Waals surface area contributed by atoms with Crippen LogP contribution < -0.4 is 9.80 Å². The third-order valence-electron chi connectivity index (χ3n) is 8.38. The number of likely N-dealkylation sites (N-methyl/N-ethyl adjacent to an activating group) is 1. The predicted octanol–water partition coefficient (Wildman–Crippen LogP) is 2.45. The maximum absolute atomic E-state index is 13.2. The molecule has 1 spiro atoms. The van der Waals surface area contributed by atoms with E-state index in [1.54, 1.807) is 11.0 Å². The maximum Gasteiger partial charge on any atom is 0.242 e. The van der Waals surface area contributed by atoms with E-state index in [-0.39, 0.29) is 11.3 Å². The number of anilines is 2. The smallest absolute Gasteiger partial charge is 0.242 e. The van der Waals surface area contributed by atoms with Crippen LogP contribution in [0.2, 0.25) is 5.02 Å². The van der Waals surface area contributed by atoms with E-state index in [1.165, 1.54) is 0 Å². The summed E-state index contributed by atoms with van der Waals surface area (Å²) in [6.07, 6.45) is 1.69. The van der Waals surface area contributed by atoms with Gasteiger partial charge < -0.3 is 14.7 Å². The quantitative estimate of drug-likeness (QED) is 0.508. The summed E-state index contributed by atoms with van der Waals surface area (Å²) in [6, 6.07) is 13.7. The molecule has 2 aromatic heterocycles. The van der Waals surface area contributed by atoms with Crippen LogP contribution in [0.3, 0.4) is 0 Å². The Kier molecular flexibility index (Phi) is 5.03. The highest BCUT2D eigenvalue weighted by molar-refractivity contribution is 6.30. The van der Waals surface area contributed by atoms with Crippen LogP contribution in [0.4, 0.5) is 11.8 Å². The second-order valence-electron chi connectivity index (χ2n) is 11.3. The Labute approximate surface area is 226 Å². The van der Waals surface area contributed by atoms with Gasteiger partial charge in [-0.2, -0.15) is 5.26 Å². The molecular formula is C27H28ClN9O. The normalized spacial score (nSPS) is 20.5. The number of hydrogen-bond donors (Lipinski definition) is 0. The molecule has 1 aliphatic carbocycles. The number of hydrogen-bond acceptors (Lipinski definition) is 8. The molecule has 4 aliphatic rings. The lowest BCUT2D eigenvalue weighted by Crippen LogP contribution is -2.73. The van der Waals surface area contributed by atoms with Crippen molar-refractivity contribution < 1.29 is 4.79 Å². The largest absolute Gasteiger partial charge is 0.355 e. The number of amides is 1. The number of carbonyl (C=O) groups excluding carboxylic acids is 1. The molecule has 0 radical (unpaired) electrons. The van der Waals surface area contributed by atoms with Crippen LogP contribution in [0.1, 0.15) is 29.9 Å². The van der Waals surface area contributed by atoms with E-state index in [9.17, 15) is 10.1 Å². The van der Waals surface area contributed by atoms with Crippen LogP contribution in [0.5, 0.6) is 0 Å². The Morgan fingerprint density at radius 1 is 1.05 bits per heavy atom. The second-order valence-corrected chi connectivity index (χ2v) is 11.8. The molecule has 2 saturated heterocycles. The van der Waals surface area contributed by atoms with Crippen LogP contribution >= 0.6 is 11.6 Å². The molecule has 3 fully saturated rings. The topological polar surface area (TPSA) is 97.4 Å². The van der Waals surface area contributed by atoms with Crippen LogP contribution in [-0.2, 0) is 17.9 Å². The van der Waals surface area contributed by atoms with Gasteiger partial charge in [-0.1, -0.05) is 17.7 Å². The Morgan fingerprint density at radius 3 is 2.53 bits per heavy atom. The van der Waals surface area contributed by atoms with E-state index in [2.05, 4.69) is 40.5 Å². The van der Waals surface area contributed by atoms with Gasteiger partial charge in [-0.15, -0.1) is 10.2 Å². The first kappa shape index (κ1) is 23.4. The molecule has 10 nitrogen and oxygen atoms in total. The van der Waals surface area contributed by atoms with Gasteiger partial charge in [-0.25, -0.2) is 4.98 Å². The number of nitriles is 1. The molecule has 5 heterocycles. The first-order valence-corrected chi connectivity index (χ1v) is 13.3. The zero-order chi connectivity index (χ0) is 26.2. The molecule has 0 atom stereocenters. The standard InChI is InChI=1S/C27H28ClN9O/c1-33(2)24(38)27(8-9-27)36-12-18-10-19(28)6-7-21(18)37-23(13-36)31-32-25(37)35-16-26(17-35)14-34(15-26)22-5-3-4-20(11-29)30-22/h3-7,10H,8-9,12-17H2,1-2H3. The first-order chi connectivity index (χ1) is 18.3. The van der Waals surface area contributed by atoms with E-state index < -0.39 is 5.54 Å². The molecule has 1 amide bonds. The molecule has 0 bridgehead atoms.